The van der Waals surface area contributed by atoms with Crippen molar-refractivity contribution in [3.63, 3.8) is 0 Å². The van der Waals surface area contributed by atoms with Crippen LogP contribution in [0.25, 0.3) is 22.6 Å². The molecule has 0 saturated carbocycles. The van der Waals surface area contributed by atoms with E-state index in [2.05, 4.69) is 4.98 Å². The third-order valence-corrected chi connectivity index (χ3v) is 6.81. The summed E-state index contributed by atoms with van der Waals surface area (Å²) in [6.07, 6.45) is 0. The maximum atomic E-state index is 13.3. The lowest BCUT2D eigenvalue weighted by Gasteiger charge is -2.30. The van der Waals surface area contributed by atoms with Crippen molar-refractivity contribution in [1.82, 2.24) is 4.98 Å². The van der Waals surface area contributed by atoms with Crippen LogP contribution in [0.4, 0.5) is 11.4 Å². The molecule has 0 fully saturated rings. The van der Waals surface area contributed by atoms with Crippen LogP contribution in [-0.2, 0) is 9.53 Å². The van der Waals surface area contributed by atoms with E-state index in [9.17, 15) is 9.59 Å². The summed E-state index contributed by atoms with van der Waals surface area (Å²) in [5.41, 5.74) is 3.64. The molecule has 6 nitrogen and oxygen atoms in total. The molecule has 0 atom stereocenters. The van der Waals surface area contributed by atoms with Gasteiger partial charge in [0.25, 0.3) is 5.91 Å². The van der Waals surface area contributed by atoms with E-state index in [0.717, 1.165) is 21.2 Å². The third-order valence-electron chi connectivity index (χ3n) is 5.68. The molecule has 0 radical (unpaired) electrons. The van der Waals surface area contributed by atoms with E-state index in [1.807, 2.05) is 72.8 Å². The molecule has 1 amide bonds. The summed E-state index contributed by atoms with van der Waals surface area (Å²) in [5, 5.41) is 0. The zero-order valence-corrected chi connectivity index (χ0v) is 19.2. The average Bonchev–Trinajstić information content (AvgIpc) is 3.34. The quantitative estimate of drug-likeness (QED) is 0.275. The zero-order valence-electron chi connectivity index (χ0n) is 18.4. The second kappa shape index (κ2) is 8.77. The van der Waals surface area contributed by atoms with Gasteiger partial charge in [-0.2, -0.15) is 0 Å². The number of carbonyl (C=O) groups is 2. The minimum absolute atomic E-state index is 0.279. The molecule has 0 saturated heterocycles. The molecule has 0 aliphatic carbocycles. The Labute approximate surface area is 205 Å². The molecular weight excluding hydrogens is 460 g/mol. The minimum Gasteiger partial charge on any atom is -0.452 e. The highest BCUT2D eigenvalue weighted by Gasteiger charge is 2.29. The molecular formula is C28H18N2O4S. The number of benzene rings is 4. The zero-order chi connectivity index (χ0) is 23.8. The van der Waals surface area contributed by atoms with Crippen LogP contribution in [0, 0.1) is 0 Å². The maximum absolute atomic E-state index is 13.3. The first-order chi connectivity index (χ1) is 17.2. The van der Waals surface area contributed by atoms with Gasteiger partial charge in [0.15, 0.2) is 12.2 Å². The van der Waals surface area contributed by atoms with Gasteiger partial charge in [0.1, 0.15) is 5.52 Å². The van der Waals surface area contributed by atoms with Crippen LogP contribution >= 0.6 is 11.8 Å². The Bertz CT molecular complexity index is 1510. The Kier molecular flexibility index (Phi) is 5.31. The summed E-state index contributed by atoms with van der Waals surface area (Å²) in [5.74, 6) is -0.636. The normalized spacial score (nSPS) is 12.2. The predicted octanol–water partition coefficient (Wildman–Crippen LogP) is 6.48. The fourth-order valence-corrected chi connectivity index (χ4v) is 5.14. The Balaban J connectivity index is 1.27. The van der Waals surface area contributed by atoms with Gasteiger partial charge in [-0.05, 0) is 48.5 Å². The summed E-state index contributed by atoms with van der Waals surface area (Å²) < 4.78 is 11.4. The van der Waals surface area contributed by atoms with Crippen LogP contribution in [0.5, 0.6) is 0 Å². The Hall–Kier alpha value is -4.36. The average molecular weight is 479 g/mol. The van der Waals surface area contributed by atoms with E-state index in [4.69, 9.17) is 9.15 Å². The topological polar surface area (TPSA) is 72.6 Å². The number of oxazole rings is 1. The molecule has 1 aliphatic heterocycles. The summed E-state index contributed by atoms with van der Waals surface area (Å²) in [6.45, 7) is -0.409. The van der Waals surface area contributed by atoms with Crippen LogP contribution in [0.1, 0.15) is 10.4 Å². The van der Waals surface area contributed by atoms with Crippen LogP contribution < -0.4 is 4.90 Å². The van der Waals surface area contributed by atoms with Crippen molar-refractivity contribution >= 4 is 46.1 Å². The molecule has 0 unspecified atom stereocenters. The van der Waals surface area contributed by atoms with Gasteiger partial charge < -0.3 is 9.15 Å². The molecule has 2 heterocycles. The monoisotopic (exact) mass is 478 g/mol. The minimum atomic E-state index is -0.621. The molecule has 0 bridgehead atoms. The highest BCUT2D eigenvalue weighted by Crippen LogP contribution is 2.47. The number of anilines is 2. The molecule has 1 aromatic heterocycles. The Morgan fingerprint density at radius 2 is 1.43 bits per heavy atom. The van der Waals surface area contributed by atoms with E-state index in [-0.39, 0.29) is 11.5 Å². The third kappa shape index (κ3) is 3.86. The Morgan fingerprint density at radius 1 is 0.800 bits per heavy atom. The highest BCUT2D eigenvalue weighted by molar-refractivity contribution is 7.99. The van der Waals surface area contributed by atoms with E-state index < -0.39 is 12.6 Å². The van der Waals surface area contributed by atoms with E-state index in [0.29, 0.717) is 22.6 Å². The van der Waals surface area contributed by atoms with E-state index in [1.165, 1.54) is 0 Å². The second-order valence-corrected chi connectivity index (χ2v) is 8.96. The number of nitrogens with zero attached hydrogens (tertiary/aromatic N) is 2. The summed E-state index contributed by atoms with van der Waals surface area (Å²) >= 11 is 1.61. The molecule has 35 heavy (non-hydrogen) atoms. The molecule has 6 rings (SSSR count). The first kappa shape index (κ1) is 21.2. The number of hydrogen-bond acceptors (Lipinski definition) is 6. The van der Waals surface area contributed by atoms with Crippen LogP contribution in [0.2, 0.25) is 0 Å². The van der Waals surface area contributed by atoms with Gasteiger partial charge >= 0.3 is 5.97 Å². The number of fused-ring (bicyclic) bond motifs is 3. The highest BCUT2D eigenvalue weighted by atomic mass is 32.2. The van der Waals surface area contributed by atoms with Crippen molar-refractivity contribution in [3.8, 4) is 11.5 Å². The number of amides is 1. The Morgan fingerprint density at radius 3 is 2.17 bits per heavy atom. The number of esters is 1. The lowest BCUT2D eigenvalue weighted by molar-refractivity contribution is -0.121. The first-order valence-corrected chi connectivity index (χ1v) is 11.8. The largest absolute Gasteiger partial charge is 0.452 e. The van der Waals surface area contributed by atoms with Crippen molar-refractivity contribution in [1.29, 1.82) is 0 Å². The molecule has 7 heteroatoms. The number of hydrogen-bond donors (Lipinski definition) is 0. The standard InChI is InChI=1S/C28H18N2O4S/c31-26(30-21-12-4-7-15-24(21)35-25-16-8-5-13-22(25)30)17-33-28(32)19-10-2-1-9-18(19)27-29-20-11-3-6-14-23(20)34-27/h1-16H,17H2. The number of ether oxygens (including phenoxy) is 1. The molecule has 4 aromatic carbocycles. The maximum Gasteiger partial charge on any atom is 0.339 e. The van der Waals surface area contributed by atoms with E-state index >= 15 is 0 Å². The smallest absolute Gasteiger partial charge is 0.339 e. The van der Waals surface area contributed by atoms with Gasteiger partial charge in [0.05, 0.1) is 22.5 Å². The molecule has 0 spiro atoms. The van der Waals surface area contributed by atoms with Gasteiger partial charge in [-0.3, -0.25) is 9.69 Å². The van der Waals surface area contributed by atoms with Gasteiger partial charge in [-0.25, -0.2) is 9.78 Å². The number of carbonyl (C=O) groups excluding carboxylic acids is 2. The molecule has 5 aromatic rings. The van der Waals surface area contributed by atoms with Gasteiger partial charge in [-0.1, -0.05) is 60.3 Å². The van der Waals surface area contributed by atoms with Gasteiger partial charge in [-0.15, -0.1) is 0 Å². The van der Waals surface area contributed by atoms with Crippen molar-refractivity contribution in [2.24, 2.45) is 0 Å². The number of rotatable bonds is 4. The number of aromatic nitrogens is 1. The fourth-order valence-electron chi connectivity index (χ4n) is 4.08. The van der Waals surface area contributed by atoms with Gasteiger partial charge in [0.2, 0.25) is 5.89 Å². The van der Waals surface area contributed by atoms with Crippen molar-refractivity contribution in [3.05, 3.63) is 103 Å². The fraction of sp³-hybridized carbons (Fsp3) is 0.0357. The summed E-state index contributed by atoms with van der Waals surface area (Å²) in [7, 11) is 0. The van der Waals surface area contributed by atoms with Crippen LogP contribution in [0.15, 0.2) is 111 Å². The SMILES string of the molecule is O=C(OCC(=O)N1c2ccccc2Sc2ccccc21)c1ccccc1-c1nc2ccccc2o1. The van der Waals surface area contributed by atoms with Crippen molar-refractivity contribution in [2.45, 2.75) is 9.79 Å². The van der Waals surface area contributed by atoms with Crippen molar-refractivity contribution in [2.75, 3.05) is 11.5 Å². The van der Waals surface area contributed by atoms with Gasteiger partial charge in [0, 0.05) is 9.79 Å². The number of para-hydroxylation sites is 4. The predicted molar refractivity (Wildman–Crippen MR) is 134 cm³/mol. The first-order valence-electron chi connectivity index (χ1n) is 11.0. The molecule has 170 valence electrons. The van der Waals surface area contributed by atoms with Crippen LogP contribution in [-0.4, -0.2) is 23.5 Å². The van der Waals surface area contributed by atoms with E-state index in [1.54, 1.807) is 40.9 Å². The lowest BCUT2D eigenvalue weighted by atomic mass is 10.1. The molecule has 1 aliphatic rings. The van der Waals surface area contributed by atoms with Crippen molar-refractivity contribution < 1.29 is 18.7 Å². The lowest BCUT2D eigenvalue weighted by Crippen LogP contribution is -2.32. The summed E-state index contributed by atoms with van der Waals surface area (Å²) in [4.78, 5) is 34.4. The molecule has 0 N–H and O–H groups in total. The van der Waals surface area contributed by atoms with Crippen LogP contribution in [0.3, 0.4) is 0 Å². The summed E-state index contributed by atoms with van der Waals surface area (Å²) in [6, 6.07) is 29.7. The second-order valence-electron chi connectivity index (χ2n) is 7.88.